The van der Waals surface area contributed by atoms with Crippen LogP contribution in [0.4, 0.5) is 4.39 Å². The predicted octanol–water partition coefficient (Wildman–Crippen LogP) is 4.72. The second-order valence-corrected chi connectivity index (χ2v) is 7.73. The fourth-order valence-electron chi connectivity index (χ4n) is 3.48. The molecule has 0 aliphatic carbocycles. The summed E-state index contributed by atoms with van der Waals surface area (Å²) in [7, 11) is 0. The van der Waals surface area contributed by atoms with E-state index in [-0.39, 0.29) is 35.1 Å². The van der Waals surface area contributed by atoms with E-state index >= 15 is 0 Å². The second kappa shape index (κ2) is 9.41. The summed E-state index contributed by atoms with van der Waals surface area (Å²) in [5.41, 5.74) is 0.271. The summed E-state index contributed by atoms with van der Waals surface area (Å²) in [6.07, 6.45) is 0.499. The van der Waals surface area contributed by atoms with Crippen molar-refractivity contribution in [1.29, 1.82) is 0 Å². The maximum absolute atomic E-state index is 14.7. The minimum Gasteiger partial charge on any atom is -0.507 e. The van der Waals surface area contributed by atoms with E-state index in [0.717, 1.165) is 0 Å². The number of halogens is 2. The molecular weight excluding hydrogens is 409 g/mol. The fourth-order valence-corrected chi connectivity index (χ4v) is 3.67. The molecule has 1 aliphatic heterocycles. The van der Waals surface area contributed by atoms with Gasteiger partial charge in [-0.1, -0.05) is 41.9 Å². The summed E-state index contributed by atoms with van der Waals surface area (Å²) >= 11 is 6.01. The van der Waals surface area contributed by atoms with Crippen LogP contribution in [0.2, 0.25) is 5.02 Å². The number of carbonyl (C=O) groups excluding carboxylic acids is 2. The maximum atomic E-state index is 14.7. The molecule has 2 aromatic rings. The third kappa shape index (κ3) is 4.55. The van der Waals surface area contributed by atoms with Crippen LogP contribution < -0.4 is 0 Å². The van der Waals surface area contributed by atoms with Crippen molar-refractivity contribution in [2.45, 2.75) is 32.4 Å². The number of likely N-dealkylation sites (tertiary alicyclic amines) is 1. The zero-order valence-electron chi connectivity index (χ0n) is 16.8. The first-order valence-corrected chi connectivity index (χ1v) is 10.1. The van der Waals surface area contributed by atoms with Crippen LogP contribution >= 0.6 is 11.6 Å². The number of hydrogen-bond acceptors (Lipinski definition) is 4. The molecule has 2 aromatic carbocycles. The lowest BCUT2D eigenvalue weighted by Gasteiger charge is -2.25. The monoisotopic (exact) mass is 431 g/mol. The van der Waals surface area contributed by atoms with E-state index < -0.39 is 23.5 Å². The summed E-state index contributed by atoms with van der Waals surface area (Å²) in [5.74, 6) is -2.59. The highest BCUT2D eigenvalue weighted by Gasteiger charge is 2.46. The molecule has 0 bridgehead atoms. The number of carbonyl (C=O) groups is 2. The van der Waals surface area contributed by atoms with E-state index in [4.69, 9.17) is 16.3 Å². The van der Waals surface area contributed by atoms with Gasteiger partial charge in [-0.25, -0.2) is 4.39 Å². The van der Waals surface area contributed by atoms with Gasteiger partial charge in [0, 0.05) is 29.3 Å². The van der Waals surface area contributed by atoms with Gasteiger partial charge in [-0.2, -0.15) is 0 Å². The molecule has 1 N–H and O–H groups in total. The smallest absolute Gasteiger partial charge is 0.295 e. The lowest BCUT2D eigenvalue weighted by Crippen LogP contribution is -2.31. The number of aliphatic hydroxyl groups is 1. The topological polar surface area (TPSA) is 66.8 Å². The number of hydrogen-bond donors (Lipinski definition) is 1. The molecule has 1 aliphatic rings. The Balaban J connectivity index is 2.06. The zero-order chi connectivity index (χ0) is 21.8. The van der Waals surface area contributed by atoms with E-state index in [9.17, 15) is 19.1 Å². The minimum atomic E-state index is -1.04. The first kappa shape index (κ1) is 22.0. The normalized spacial score (nSPS) is 18.4. The average molecular weight is 432 g/mol. The molecule has 158 valence electrons. The number of Topliss-reactive ketones (excluding diaryl/α,β-unsaturated/α-hetero) is 1. The Kier molecular flexibility index (Phi) is 6.90. The first-order valence-electron chi connectivity index (χ1n) is 9.71. The zero-order valence-corrected chi connectivity index (χ0v) is 17.5. The molecule has 3 rings (SSSR count). The van der Waals surface area contributed by atoms with Crippen molar-refractivity contribution >= 4 is 29.1 Å². The summed E-state index contributed by atoms with van der Waals surface area (Å²) in [6.45, 7) is 4.37. The Morgan fingerprint density at radius 2 is 1.93 bits per heavy atom. The largest absolute Gasteiger partial charge is 0.507 e. The molecule has 1 amide bonds. The van der Waals surface area contributed by atoms with Crippen LogP contribution in [-0.2, 0) is 14.3 Å². The summed E-state index contributed by atoms with van der Waals surface area (Å²) in [5, 5.41) is 11.3. The molecule has 5 nitrogen and oxygen atoms in total. The Hall–Kier alpha value is -2.70. The van der Waals surface area contributed by atoms with Gasteiger partial charge in [-0.15, -0.1) is 0 Å². The average Bonchev–Trinajstić information content (AvgIpc) is 2.95. The van der Waals surface area contributed by atoms with Crippen LogP contribution in [0.15, 0.2) is 54.1 Å². The number of ether oxygens (including phenoxy) is 1. The third-order valence-electron chi connectivity index (χ3n) is 4.83. The molecule has 0 aromatic heterocycles. The van der Waals surface area contributed by atoms with Crippen LogP contribution in [0.25, 0.3) is 5.76 Å². The summed E-state index contributed by atoms with van der Waals surface area (Å²) < 4.78 is 20.2. The molecule has 0 radical (unpaired) electrons. The number of rotatable bonds is 7. The third-order valence-corrected chi connectivity index (χ3v) is 5.07. The standard InChI is InChI=1S/C23H23ClFNO4/c1-14(2)30-12-6-11-26-20(17-9-3-4-10-18(17)25)19(22(28)23(26)29)21(27)15-7-5-8-16(24)13-15/h3-5,7-10,13-14,20,27H,6,11-12H2,1-2H3/b21-19-. The van der Waals surface area contributed by atoms with Crippen LogP contribution in [0.3, 0.4) is 0 Å². The Bertz CT molecular complexity index is 989. The van der Waals surface area contributed by atoms with E-state index in [2.05, 4.69) is 0 Å². The van der Waals surface area contributed by atoms with Gasteiger partial charge in [-0.05, 0) is 38.5 Å². The van der Waals surface area contributed by atoms with Gasteiger partial charge >= 0.3 is 0 Å². The summed E-state index contributed by atoms with van der Waals surface area (Å²) in [6, 6.07) is 11.2. The van der Waals surface area contributed by atoms with Gasteiger partial charge in [-0.3, -0.25) is 9.59 Å². The number of amides is 1. The molecule has 1 atom stereocenters. The van der Waals surface area contributed by atoms with Crippen molar-refractivity contribution in [2.75, 3.05) is 13.2 Å². The predicted molar refractivity (Wildman–Crippen MR) is 113 cm³/mol. The molecule has 0 saturated carbocycles. The van der Waals surface area contributed by atoms with Crippen molar-refractivity contribution in [3.05, 3.63) is 76.1 Å². The molecule has 1 saturated heterocycles. The van der Waals surface area contributed by atoms with Crippen LogP contribution in [0, 0.1) is 5.82 Å². The lowest BCUT2D eigenvalue weighted by molar-refractivity contribution is -0.140. The second-order valence-electron chi connectivity index (χ2n) is 7.30. The van der Waals surface area contributed by atoms with Crippen LogP contribution in [0.5, 0.6) is 0 Å². The number of nitrogens with zero attached hydrogens (tertiary/aromatic N) is 1. The van der Waals surface area contributed by atoms with Gasteiger partial charge in [0.1, 0.15) is 11.6 Å². The quantitative estimate of drug-likeness (QED) is 0.298. The number of benzene rings is 2. The van der Waals surface area contributed by atoms with Gasteiger partial charge in [0.05, 0.1) is 17.7 Å². The van der Waals surface area contributed by atoms with Gasteiger partial charge in [0.2, 0.25) is 0 Å². The Morgan fingerprint density at radius 1 is 1.20 bits per heavy atom. The SMILES string of the molecule is CC(C)OCCCN1C(=O)C(=O)/C(=C(\O)c2cccc(Cl)c2)C1c1ccccc1F. The minimum absolute atomic E-state index is 0.0330. The van der Waals surface area contributed by atoms with E-state index in [1.54, 1.807) is 24.3 Å². The Labute approximate surface area is 179 Å². The maximum Gasteiger partial charge on any atom is 0.295 e. The molecule has 1 fully saturated rings. The fraction of sp³-hybridized carbons (Fsp3) is 0.304. The van der Waals surface area contributed by atoms with Gasteiger partial charge in [0.25, 0.3) is 11.7 Å². The lowest BCUT2D eigenvalue weighted by atomic mass is 9.95. The highest BCUT2D eigenvalue weighted by Crippen LogP contribution is 2.40. The molecule has 0 spiro atoms. The van der Waals surface area contributed by atoms with E-state index in [0.29, 0.717) is 18.1 Å². The molecule has 7 heteroatoms. The highest BCUT2D eigenvalue weighted by atomic mass is 35.5. The molecule has 1 unspecified atom stereocenters. The van der Waals surface area contributed by atoms with Crippen LogP contribution in [-0.4, -0.2) is 41.0 Å². The molecular formula is C23H23ClFNO4. The van der Waals surface area contributed by atoms with Gasteiger partial charge < -0.3 is 14.7 Å². The van der Waals surface area contributed by atoms with Crippen molar-refractivity contribution in [2.24, 2.45) is 0 Å². The Morgan fingerprint density at radius 3 is 2.60 bits per heavy atom. The highest BCUT2D eigenvalue weighted by molar-refractivity contribution is 6.46. The van der Waals surface area contributed by atoms with Crippen LogP contribution in [0.1, 0.15) is 37.4 Å². The van der Waals surface area contributed by atoms with Crippen molar-refractivity contribution < 1.29 is 23.8 Å². The first-order chi connectivity index (χ1) is 14.3. The van der Waals surface area contributed by atoms with Gasteiger partial charge in [0.15, 0.2) is 0 Å². The number of ketones is 1. The molecule has 1 heterocycles. The number of aliphatic hydroxyl groups excluding tert-OH is 1. The van der Waals surface area contributed by atoms with E-state index in [1.807, 2.05) is 13.8 Å². The van der Waals surface area contributed by atoms with Crippen molar-refractivity contribution in [3.63, 3.8) is 0 Å². The van der Waals surface area contributed by atoms with E-state index in [1.165, 1.54) is 29.2 Å². The summed E-state index contributed by atoms with van der Waals surface area (Å²) in [4.78, 5) is 26.9. The van der Waals surface area contributed by atoms with Crippen molar-refractivity contribution in [1.82, 2.24) is 4.90 Å². The molecule has 30 heavy (non-hydrogen) atoms. The van der Waals surface area contributed by atoms with Crippen molar-refractivity contribution in [3.8, 4) is 0 Å².